The van der Waals surface area contributed by atoms with E-state index in [9.17, 15) is 4.79 Å². The van der Waals surface area contributed by atoms with Gasteiger partial charge in [0, 0.05) is 25.0 Å². The number of ether oxygens (including phenoxy) is 2. The first-order chi connectivity index (χ1) is 9.42. The summed E-state index contributed by atoms with van der Waals surface area (Å²) in [6, 6.07) is 0.231. The van der Waals surface area contributed by atoms with Crippen LogP contribution < -0.4 is 5.32 Å². The smallest absolute Gasteiger partial charge is 0.317 e. The van der Waals surface area contributed by atoms with Crippen LogP contribution in [0.4, 0.5) is 4.79 Å². The molecule has 0 bridgehead atoms. The standard InChI is InChI=1S/C15H28N2O3/c1-11(2)12(3)16-14(18)17-7-5-6-13(10-17)15(4)19-8-9-20-15/h11-13H,5-10H2,1-4H3,(H,16,18). The summed E-state index contributed by atoms with van der Waals surface area (Å²) in [4.78, 5) is 14.2. The lowest BCUT2D eigenvalue weighted by Gasteiger charge is -2.40. The average molecular weight is 284 g/mol. The normalized spacial score (nSPS) is 27.6. The van der Waals surface area contributed by atoms with E-state index in [4.69, 9.17) is 9.47 Å². The predicted molar refractivity (Wildman–Crippen MR) is 77.4 cm³/mol. The Hall–Kier alpha value is -0.810. The Morgan fingerprint density at radius 1 is 1.30 bits per heavy atom. The SMILES string of the molecule is CC(C)C(C)NC(=O)N1CCCC(C2(C)OCCO2)C1. The third kappa shape index (κ3) is 3.44. The number of nitrogens with one attached hydrogen (secondary N) is 1. The van der Waals surface area contributed by atoms with E-state index in [2.05, 4.69) is 26.1 Å². The number of rotatable bonds is 3. The van der Waals surface area contributed by atoms with Gasteiger partial charge in [0.1, 0.15) is 0 Å². The molecule has 2 aliphatic rings. The van der Waals surface area contributed by atoms with Crippen molar-refractivity contribution in [3.05, 3.63) is 0 Å². The van der Waals surface area contributed by atoms with Crippen molar-refractivity contribution in [1.29, 1.82) is 0 Å². The van der Waals surface area contributed by atoms with Crippen molar-refractivity contribution in [3.8, 4) is 0 Å². The minimum absolute atomic E-state index is 0.0393. The Morgan fingerprint density at radius 3 is 2.55 bits per heavy atom. The van der Waals surface area contributed by atoms with Crippen molar-refractivity contribution in [2.24, 2.45) is 11.8 Å². The number of nitrogens with zero attached hydrogens (tertiary/aromatic N) is 1. The number of hydrogen-bond donors (Lipinski definition) is 1. The van der Waals surface area contributed by atoms with Crippen LogP contribution in [0.5, 0.6) is 0 Å². The molecule has 0 aromatic carbocycles. The molecular formula is C15H28N2O3. The van der Waals surface area contributed by atoms with Crippen molar-refractivity contribution in [2.75, 3.05) is 26.3 Å². The van der Waals surface area contributed by atoms with Gasteiger partial charge in [-0.2, -0.15) is 0 Å². The minimum atomic E-state index is -0.511. The van der Waals surface area contributed by atoms with E-state index in [-0.39, 0.29) is 18.0 Å². The molecule has 116 valence electrons. The van der Waals surface area contributed by atoms with Gasteiger partial charge in [0.25, 0.3) is 0 Å². The zero-order valence-corrected chi connectivity index (χ0v) is 13.1. The van der Waals surface area contributed by atoms with Crippen LogP contribution in [0.2, 0.25) is 0 Å². The van der Waals surface area contributed by atoms with Gasteiger partial charge < -0.3 is 19.7 Å². The summed E-state index contributed by atoms with van der Waals surface area (Å²) in [6.45, 7) is 11.1. The topological polar surface area (TPSA) is 50.8 Å². The molecule has 2 unspecified atom stereocenters. The number of hydrogen-bond acceptors (Lipinski definition) is 3. The van der Waals surface area contributed by atoms with E-state index in [0.29, 0.717) is 25.7 Å². The van der Waals surface area contributed by atoms with Crippen LogP contribution in [0.25, 0.3) is 0 Å². The van der Waals surface area contributed by atoms with Crippen LogP contribution in [0.1, 0.15) is 40.5 Å². The van der Waals surface area contributed by atoms with Crippen LogP contribution in [-0.2, 0) is 9.47 Å². The number of amides is 2. The lowest BCUT2D eigenvalue weighted by atomic mass is 9.90. The molecule has 2 saturated heterocycles. The molecule has 2 heterocycles. The number of likely N-dealkylation sites (tertiary alicyclic amines) is 1. The van der Waals surface area contributed by atoms with E-state index < -0.39 is 5.79 Å². The molecule has 2 fully saturated rings. The van der Waals surface area contributed by atoms with Crippen molar-refractivity contribution in [3.63, 3.8) is 0 Å². The third-order valence-corrected chi connectivity index (χ3v) is 4.66. The van der Waals surface area contributed by atoms with Gasteiger partial charge in [-0.05, 0) is 32.6 Å². The van der Waals surface area contributed by atoms with Crippen molar-refractivity contribution < 1.29 is 14.3 Å². The summed E-state index contributed by atoms with van der Waals surface area (Å²) in [7, 11) is 0. The largest absolute Gasteiger partial charge is 0.347 e. The van der Waals surface area contributed by atoms with Crippen molar-refractivity contribution in [2.45, 2.75) is 52.4 Å². The van der Waals surface area contributed by atoms with Crippen LogP contribution in [-0.4, -0.2) is 49.1 Å². The first kappa shape index (κ1) is 15.6. The molecule has 0 radical (unpaired) electrons. The zero-order valence-electron chi connectivity index (χ0n) is 13.1. The summed E-state index contributed by atoms with van der Waals surface area (Å²) < 4.78 is 11.5. The Labute approximate surface area is 122 Å². The van der Waals surface area contributed by atoms with Gasteiger partial charge in [0.15, 0.2) is 5.79 Å². The molecule has 0 spiro atoms. The highest BCUT2D eigenvalue weighted by molar-refractivity contribution is 5.74. The summed E-state index contributed by atoms with van der Waals surface area (Å²) in [5.41, 5.74) is 0. The van der Waals surface area contributed by atoms with E-state index in [0.717, 1.165) is 19.4 Å². The fourth-order valence-electron chi connectivity index (χ4n) is 2.81. The highest BCUT2D eigenvalue weighted by atomic mass is 16.7. The maximum Gasteiger partial charge on any atom is 0.317 e. The number of piperidine rings is 1. The van der Waals surface area contributed by atoms with Gasteiger partial charge in [0.05, 0.1) is 13.2 Å². The fourth-order valence-corrected chi connectivity index (χ4v) is 2.81. The van der Waals surface area contributed by atoms with Crippen molar-refractivity contribution >= 4 is 6.03 Å². The number of carbonyl (C=O) groups is 1. The van der Waals surface area contributed by atoms with Crippen LogP contribution in [0.15, 0.2) is 0 Å². The molecule has 2 aliphatic heterocycles. The third-order valence-electron chi connectivity index (χ3n) is 4.66. The molecular weight excluding hydrogens is 256 g/mol. The molecule has 0 saturated carbocycles. The van der Waals surface area contributed by atoms with E-state index in [1.54, 1.807) is 0 Å². The minimum Gasteiger partial charge on any atom is -0.347 e. The Bertz CT molecular complexity index is 340. The summed E-state index contributed by atoms with van der Waals surface area (Å²) >= 11 is 0. The highest BCUT2D eigenvalue weighted by Crippen LogP contribution is 2.34. The van der Waals surface area contributed by atoms with E-state index >= 15 is 0 Å². The zero-order chi connectivity index (χ0) is 14.8. The van der Waals surface area contributed by atoms with Gasteiger partial charge >= 0.3 is 6.03 Å². The molecule has 2 amide bonds. The van der Waals surface area contributed by atoms with E-state index in [1.807, 2.05) is 11.8 Å². The maximum absolute atomic E-state index is 12.3. The second-order valence-electron chi connectivity index (χ2n) is 6.48. The Kier molecular flexibility index (Phi) is 4.91. The second-order valence-corrected chi connectivity index (χ2v) is 6.48. The first-order valence-electron chi connectivity index (χ1n) is 7.76. The highest BCUT2D eigenvalue weighted by Gasteiger charge is 2.42. The average Bonchev–Trinajstić information content (AvgIpc) is 2.87. The first-order valence-corrected chi connectivity index (χ1v) is 7.76. The summed E-state index contributed by atoms with van der Waals surface area (Å²) in [6.07, 6.45) is 2.07. The number of carbonyl (C=O) groups excluding carboxylic acids is 1. The van der Waals surface area contributed by atoms with Crippen molar-refractivity contribution in [1.82, 2.24) is 10.2 Å². The predicted octanol–water partition coefficient (Wildman–Crippen LogP) is 2.22. The monoisotopic (exact) mass is 284 g/mol. The molecule has 20 heavy (non-hydrogen) atoms. The molecule has 5 nitrogen and oxygen atoms in total. The fraction of sp³-hybridized carbons (Fsp3) is 0.933. The molecule has 2 atom stereocenters. The van der Waals surface area contributed by atoms with Crippen LogP contribution >= 0.6 is 0 Å². The van der Waals surface area contributed by atoms with Gasteiger partial charge in [-0.15, -0.1) is 0 Å². The molecule has 0 aromatic heterocycles. The van der Waals surface area contributed by atoms with Gasteiger partial charge in [-0.1, -0.05) is 13.8 Å². The maximum atomic E-state index is 12.3. The molecule has 0 aromatic rings. The molecule has 0 aliphatic carbocycles. The van der Waals surface area contributed by atoms with Crippen LogP contribution in [0, 0.1) is 11.8 Å². The summed E-state index contributed by atoms with van der Waals surface area (Å²) in [5.74, 6) is 0.195. The van der Waals surface area contributed by atoms with Crippen LogP contribution in [0.3, 0.4) is 0 Å². The van der Waals surface area contributed by atoms with Gasteiger partial charge in [-0.25, -0.2) is 4.79 Å². The number of urea groups is 1. The Morgan fingerprint density at radius 2 is 1.95 bits per heavy atom. The molecule has 2 rings (SSSR count). The lowest BCUT2D eigenvalue weighted by Crippen LogP contribution is -2.53. The summed E-state index contributed by atoms with van der Waals surface area (Å²) in [5, 5.41) is 3.08. The lowest BCUT2D eigenvalue weighted by molar-refractivity contribution is -0.189. The quantitative estimate of drug-likeness (QED) is 0.864. The van der Waals surface area contributed by atoms with E-state index in [1.165, 1.54) is 0 Å². The second kappa shape index (κ2) is 6.31. The van der Waals surface area contributed by atoms with Gasteiger partial charge in [0.2, 0.25) is 0 Å². The molecule has 1 N–H and O–H groups in total. The Balaban J connectivity index is 1.91. The van der Waals surface area contributed by atoms with Gasteiger partial charge in [-0.3, -0.25) is 0 Å². The molecule has 5 heteroatoms.